The van der Waals surface area contributed by atoms with Crippen LogP contribution in [0.4, 0.5) is 0 Å². The van der Waals surface area contributed by atoms with Gasteiger partial charge in [-0.1, -0.05) is 0 Å². The first-order valence-corrected chi connectivity index (χ1v) is 6.35. The molecule has 0 aliphatic carbocycles. The lowest BCUT2D eigenvalue weighted by atomic mass is 9.92. The van der Waals surface area contributed by atoms with Gasteiger partial charge in [0.15, 0.2) is 0 Å². The summed E-state index contributed by atoms with van der Waals surface area (Å²) in [4.78, 5) is 40.0. The number of aromatic amines is 2. The Kier molecular flexibility index (Phi) is 4.03. The highest BCUT2D eigenvalue weighted by molar-refractivity contribution is 5.92. The molecule has 0 atom stereocenters. The van der Waals surface area contributed by atoms with E-state index in [4.69, 9.17) is 5.11 Å². The first-order valence-electron chi connectivity index (χ1n) is 6.35. The summed E-state index contributed by atoms with van der Waals surface area (Å²) in [5.41, 5.74) is -0.117. The van der Waals surface area contributed by atoms with Gasteiger partial charge in [-0.25, -0.2) is 4.79 Å². The predicted molar refractivity (Wildman–Crippen MR) is 66.9 cm³/mol. The van der Waals surface area contributed by atoms with Crippen LogP contribution >= 0.6 is 0 Å². The van der Waals surface area contributed by atoms with E-state index in [9.17, 15) is 14.4 Å². The minimum absolute atomic E-state index is 0.184. The molecule has 1 aromatic rings. The second kappa shape index (κ2) is 5.73. The molecule has 7 heteroatoms. The van der Waals surface area contributed by atoms with Crippen molar-refractivity contribution in [1.82, 2.24) is 14.9 Å². The Labute approximate surface area is 109 Å². The van der Waals surface area contributed by atoms with Crippen LogP contribution in [0.3, 0.4) is 0 Å². The van der Waals surface area contributed by atoms with Gasteiger partial charge in [0.05, 0.1) is 0 Å². The van der Waals surface area contributed by atoms with Crippen molar-refractivity contribution in [3.63, 3.8) is 0 Å². The lowest BCUT2D eigenvalue weighted by Gasteiger charge is -2.31. The number of hydrogen-bond donors (Lipinski definition) is 3. The molecule has 2 heterocycles. The monoisotopic (exact) mass is 267 g/mol. The molecule has 0 spiro atoms. The van der Waals surface area contributed by atoms with Crippen LogP contribution in [0.5, 0.6) is 0 Å². The maximum atomic E-state index is 12.0. The van der Waals surface area contributed by atoms with Crippen molar-refractivity contribution in [1.29, 1.82) is 0 Å². The summed E-state index contributed by atoms with van der Waals surface area (Å²) in [7, 11) is 0. The lowest BCUT2D eigenvalue weighted by Crippen LogP contribution is -2.38. The van der Waals surface area contributed by atoms with Crippen LogP contribution in [-0.4, -0.2) is 44.9 Å². The van der Waals surface area contributed by atoms with Gasteiger partial charge < -0.3 is 20.0 Å². The highest BCUT2D eigenvalue weighted by Gasteiger charge is 2.24. The lowest BCUT2D eigenvalue weighted by molar-refractivity contribution is -0.137. The van der Waals surface area contributed by atoms with Gasteiger partial charge in [0, 0.05) is 25.7 Å². The van der Waals surface area contributed by atoms with E-state index in [0.717, 1.165) is 12.8 Å². The molecular formula is C12H17N3O4. The first kappa shape index (κ1) is 13.4. The fourth-order valence-corrected chi connectivity index (χ4v) is 2.37. The number of likely N-dealkylation sites (tertiary alicyclic amines) is 1. The molecule has 0 bridgehead atoms. The summed E-state index contributed by atoms with van der Waals surface area (Å²) in [5, 5.41) is 8.63. The van der Waals surface area contributed by atoms with Gasteiger partial charge in [-0.2, -0.15) is 0 Å². The number of piperidine rings is 1. The molecule has 0 saturated carbocycles. The van der Waals surface area contributed by atoms with Crippen molar-refractivity contribution in [2.75, 3.05) is 13.1 Å². The summed E-state index contributed by atoms with van der Waals surface area (Å²) >= 11 is 0. The summed E-state index contributed by atoms with van der Waals surface area (Å²) < 4.78 is 0. The SMILES string of the molecule is O=C(O)CCC1CCN(C(=O)c2c[nH]c(=O)[nH]2)CC1. The van der Waals surface area contributed by atoms with Crippen molar-refractivity contribution >= 4 is 11.9 Å². The number of aromatic nitrogens is 2. The number of rotatable bonds is 4. The Morgan fingerprint density at radius 3 is 2.58 bits per heavy atom. The number of amides is 1. The van der Waals surface area contributed by atoms with Crippen LogP contribution in [0.2, 0.25) is 0 Å². The largest absolute Gasteiger partial charge is 0.481 e. The molecule has 1 fully saturated rings. The number of carboxylic acid groups (broad SMARTS) is 1. The number of carbonyl (C=O) groups is 2. The molecular weight excluding hydrogens is 250 g/mol. The standard InChI is InChI=1S/C12H17N3O4/c16-10(17)2-1-8-3-5-15(6-4-8)11(18)9-7-13-12(19)14-9/h7-8H,1-6H2,(H,16,17)(H2,13,14,19). The minimum Gasteiger partial charge on any atom is -0.481 e. The molecule has 0 radical (unpaired) electrons. The normalized spacial score (nSPS) is 16.5. The van der Waals surface area contributed by atoms with Crippen molar-refractivity contribution in [2.24, 2.45) is 5.92 Å². The molecule has 0 aromatic carbocycles. The van der Waals surface area contributed by atoms with E-state index in [1.165, 1.54) is 6.20 Å². The van der Waals surface area contributed by atoms with Crippen LogP contribution < -0.4 is 5.69 Å². The number of carboxylic acids is 1. The van der Waals surface area contributed by atoms with Gasteiger partial charge in [0.1, 0.15) is 5.69 Å². The third-order valence-electron chi connectivity index (χ3n) is 3.49. The van der Waals surface area contributed by atoms with Crippen LogP contribution in [0.25, 0.3) is 0 Å². The molecule has 2 rings (SSSR count). The second-order valence-corrected chi connectivity index (χ2v) is 4.82. The zero-order valence-electron chi connectivity index (χ0n) is 10.5. The van der Waals surface area contributed by atoms with Gasteiger partial charge in [0.2, 0.25) is 0 Å². The zero-order valence-corrected chi connectivity index (χ0v) is 10.5. The molecule has 19 heavy (non-hydrogen) atoms. The van der Waals surface area contributed by atoms with E-state index in [2.05, 4.69) is 9.97 Å². The van der Waals surface area contributed by atoms with E-state index < -0.39 is 5.97 Å². The molecule has 104 valence electrons. The molecule has 1 amide bonds. The van der Waals surface area contributed by atoms with Gasteiger partial charge in [-0.3, -0.25) is 9.59 Å². The topological polar surface area (TPSA) is 106 Å². The van der Waals surface area contributed by atoms with Crippen LogP contribution in [-0.2, 0) is 4.79 Å². The summed E-state index contributed by atoms with van der Waals surface area (Å²) in [6.45, 7) is 1.21. The van der Waals surface area contributed by atoms with Gasteiger partial charge in [-0.05, 0) is 25.2 Å². The third kappa shape index (κ3) is 3.46. The number of nitrogens with one attached hydrogen (secondary N) is 2. The number of nitrogens with zero attached hydrogens (tertiary/aromatic N) is 1. The zero-order chi connectivity index (χ0) is 13.8. The first-order chi connectivity index (χ1) is 9.06. The molecule has 1 aromatic heterocycles. The highest BCUT2D eigenvalue weighted by Crippen LogP contribution is 2.22. The Hall–Kier alpha value is -2.05. The number of H-pyrrole nitrogens is 2. The number of imidazole rings is 1. The second-order valence-electron chi connectivity index (χ2n) is 4.82. The van der Waals surface area contributed by atoms with E-state index in [1.807, 2.05) is 0 Å². The fraction of sp³-hybridized carbons (Fsp3) is 0.583. The van der Waals surface area contributed by atoms with Crippen LogP contribution in [0.1, 0.15) is 36.2 Å². The molecule has 7 nitrogen and oxygen atoms in total. The van der Waals surface area contributed by atoms with Crippen molar-refractivity contribution < 1.29 is 14.7 Å². The Morgan fingerprint density at radius 2 is 2.05 bits per heavy atom. The molecule has 1 aliphatic heterocycles. The predicted octanol–water partition coefficient (Wildman–Crippen LogP) is 0.420. The Balaban J connectivity index is 1.84. The maximum absolute atomic E-state index is 12.0. The number of carbonyl (C=O) groups excluding carboxylic acids is 1. The van der Waals surface area contributed by atoms with Crippen LogP contribution in [0.15, 0.2) is 11.0 Å². The smallest absolute Gasteiger partial charge is 0.323 e. The number of aliphatic carboxylic acids is 1. The van der Waals surface area contributed by atoms with E-state index in [0.29, 0.717) is 25.4 Å². The molecule has 3 N–H and O–H groups in total. The molecule has 1 saturated heterocycles. The van der Waals surface area contributed by atoms with Gasteiger partial charge >= 0.3 is 11.7 Å². The summed E-state index contributed by atoms with van der Waals surface area (Å²) in [6.07, 6.45) is 3.85. The van der Waals surface area contributed by atoms with Crippen molar-refractivity contribution in [3.05, 3.63) is 22.4 Å². The maximum Gasteiger partial charge on any atom is 0.323 e. The summed E-state index contributed by atoms with van der Waals surface area (Å²) in [5.74, 6) is -0.594. The Morgan fingerprint density at radius 1 is 1.37 bits per heavy atom. The van der Waals surface area contributed by atoms with E-state index >= 15 is 0 Å². The Bertz CT molecular complexity index is 511. The molecule has 0 unspecified atom stereocenters. The number of hydrogen-bond acceptors (Lipinski definition) is 3. The average molecular weight is 267 g/mol. The van der Waals surface area contributed by atoms with Crippen LogP contribution in [0, 0.1) is 5.92 Å². The highest BCUT2D eigenvalue weighted by atomic mass is 16.4. The minimum atomic E-state index is -0.775. The van der Waals surface area contributed by atoms with E-state index in [1.54, 1.807) is 4.90 Å². The average Bonchev–Trinajstić information content (AvgIpc) is 2.83. The van der Waals surface area contributed by atoms with Crippen molar-refractivity contribution in [2.45, 2.75) is 25.7 Å². The summed E-state index contributed by atoms with van der Waals surface area (Å²) in [6, 6.07) is 0. The van der Waals surface area contributed by atoms with Gasteiger partial charge in [-0.15, -0.1) is 0 Å². The van der Waals surface area contributed by atoms with Gasteiger partial charge in [0.25, 0.3) is 5.91 Å². The third-order valence-corrected chi connectivity index (χ3v) is 3.49. The quantitative estimate of drug-likeness (QED) is 0.735. The van der Waals surface area contributed by atoms with E-state index in [-0.39, 0.29) is 23.7 Å². The fourth-order valence-electron chi connectivity index (χ4n) is 2.37. The van der Waals surface area contributed by atoms with Crippen molar-refractivity contribution in [3.8, 4) is 0 Å². The molecule has 1 aliphatic rings.